The lowest BCUT2D eigenvalue weighted by Crippen LogP contribution is -2.38. The van der Waals surface area contributed by atoms with Crippen LogP contribution in [0.3, 0.4) is 0 Å². The van der Waals surface area contributed by atoms with Crippen molar-refractivity contribution < 1.29 is 4.79 Å². The van der Waals surface area contributed by atoms with Gasteiger partial charge in [0.2, 0.25) is 0 Å². The maximum Gasteiger partial charge on any atom is 0.270 e. The zero-order valence-corrected chi connectivity index (χ0v) is 10.6. The molecule has 0 bridgehead atoms. The van der Waals surface area contributed by atoms with E-state index >= 15 is 0 Å². The molecule has 5 heteroatoms. The molecule has 0 spiro atoms. The Labute approximate surface area is 106 Å². The van der Waals surface area contributed by atoms with Crippen molar-refractivity contribution in [2.24, 2.45) is 5.84 Å². The van der Waals surface area contributed by atoms with Gasteiger partial charge in [-0.15, -0.1) is 0 Å². The fraction of sp³-hybridized carbons (Fsp3) is 0.538. The lowest BCUT2D eigenvalue weighted by atomic mass is 9.94. The van der Waals surface area contributed by atoms with Gasteiger partial charge in [0.1, 0.15) is 5.56 Å². The van der Waals surface area contributed by atoms with Crippen molar-refractivity contribution >= 4 is 5.91 Å². The average Bonchev–Trinajstić information content (AvgIpc) is 2.39. The van der Waals surface area contributed by atoms with Gasteiger partial charge in [-0.1, -0.05) is 19.3 Å². The topological polar surface area (TPSA) is 77.1 Å². The van der Waals surface area contributed by atoms with Crippen LogP contribution < -0.4 is 16.8 Å². The molecular weight excluding hydrogens is 230 g/mol. The Morgan fingerprint density at radius 2 is 2.00 bits per heavy atom. The van der Waals surface area contributed by atoms with Crippen molar-refractivity contribution in [2.45, 2.75) is 45.1 Å². The largest absolute Gasteiger partial charge is 0.309 e. The second-order valence-corrected chi connectivity index (χ2v) is 4.83. The quantitative estimate of drug-likeness (QED) is 0.470. The van der Waals surface area contributed by atoms with Crippen molar-refractivity contribution in [1.29, 1.82) is 0 Å². The summed E-state index contributed by atoms with van der Waals surface area (Å²) in [6, 6.07) is 3.57. The maximum atomic E-state index is 12.3. The van der Waals surface area contributed by atoms with Gasteiger partial charge in [0.05, 0.1) is 0 Å². The van der Waals surface area contributed by atoms with E-state index in [4.69, 9.17) is 5.84 Å². The predicted molar refractivity (Wildman–Crippen MR) is 69.2 cm³/mol. The smallest absolute Gasteiger partial charge is 0.270 e. The summed E-state index contributed by atoms with van der Waals surface area (Å²) in [7, 11) is 0. The summed E-state index contributed by atoms with van der Waals surface area (Å²) >= 11 is 0. The first kappa shape index (κ1) is 12.8. The molecule has 0 saturated heterocycles. The highest BCUT2D eigenvalue weighted by molar-refractivity contribution is 5.93. The van der Waals surface area contributed by atoms with Crippen molar-refractivity contribution in [3.8, 4) is 0 Å². The average molecular weight is 249 g/mol. The van der Waals surface area contributed by atoms with Gasteiger partial charge in [0.25, 0.3) is 11.5 Å². The monoisotopic (exact) mass is 249 g/mol. The van der Waals surface area contributed by atoms with E-state index in [1.807, 2.05) is 12.3 Å². The molecule has 1 heterocycles. The molecule has 3 N–H and O–H groups in total. The van der Waals surface area contributed by atoms with Crippen LogP contribution >= 0.6 is 0 Å². The van der Waals surface area contributed by atoms with Gasteiger partial charge < -0.3 is 4.57 Å². The Morgan fingerprint density at radius 3 is 2.61 bits per heavy atom. The highest BCUT2D eigenvalue weighted by atomic mass is 16.2. The normalized spacial score (nSPS) is 16.6. The predicted octanol–water partition coefficient (Wildman–Crippen LogP) is 1.27. The van der Waals surface area contributed by atoms with Crippen LogP contribution in [0.2, 0.25) is 0 Å². The minimum atomic E-state index is -0.524. The van der Waals surface area contributed by atoms with Crippen LogP contribution in [0.5, 0.6) is 0 Å². The molecule has 2 rings (SSSR count). The van der Waals surface area contributed by atoms with Crippen LogP contribution in [-0.4, -0.2) is 10.5 Å². The molecule has 1 aliphatic carbocycles. The molecule has 1 fully saturated rings. The van der Waals surface area contributed by atoms with Gasteiger partial charge in [0, 0.05) is 11.7 Å². The first-order valence-electron chi connectivity index (χ1n) is 6.38. The summed E-state index contributed by atoms with van der Waals surface area (Å²) in [4.78, 5) is 23.9. The van der Waals surface area contributed by atoms with Gasteiger partial charge in [0.15, 0.2) is 0 Å². The standard InChI is InChI=1S/C13H19N3O2/c1-9-7-8-11(12(17)15-14)13(18)16(9)10-5-3-2-4-6-10/h7-8,10H,2-6,14H2,1H3,(H,15,17). The number of aromatic nitrogens is 1. The minimum Gasteiger partial charge on any atom is -0.309 e. The van der Waals surface area contributed by atoms with E-state index in [0.29, 0.717) is 0 Å². The van der Waals surface area contributed by atoms with E-state index in [9.17, 15) is 9.59 Å². The molecule has 0 radical (unpaired) electrons. The highest BCUT2D eigenvalue weighted by Crippen LogP contribution is 2.27. The van der Waals surface area contributed by atoms with Crippen LogP contribution in [0, 0.1) is 6.92 Å². The lowest BCUT2D eigenvalue weighted by molar-refractivity contribution is 0.0951. The molecule has 1 aromatic heterocycles. The number of hydrazine groups is 1. The molecule has 1 amide bonds. The number of nitrogen functional groups attached to an aromatic ring is 1. The molecule has 98 valence electrons. The zero-order valence-electron chi connectivity index (χ0n) is 10.6. The molecule has 1 aliphatic rings. The molecule has 1 aromatic rings. The van der Waals surface area contributed by atoms with E-state index in [1.54, 1.807) is 16.7 Å². The molecular formula is C13H19N3O2. The molecule has 0 atom stereocenters. The fourth-order valence-electron chi connectivity index (χ4n) is 2.69. The molecule has 18 heavy (non-hydrogen) atoms. The second kappa shape index (κ2) is 5.35. The van der Waals surface area contributed by atoms with E-state index in [1.165, 1.54) is 6.42 Å². The van der Waals surface area contributed by atoms with Gasteiger partial charge in [-0.3, -0.25) is 15.0 Å². The third-order valence-corrected chi connectivity index (χ3v) is 3.64. The Balaban J connectivity index is 2.45. The number of nitrogens with two attached hydrogens (primary N) is 1. The summed E-state index contributed by atoms with van der Waals surface area (Å²) in [5.41, 5.74) is 2.81. The number of pyridine rings is 1. The summed E-state index contributed by atoms with van der Waals surface area (Å²) in [5, 5.41) is 0. The maximum absolute atomic E-state index is 12.3. The zero-order chi connectivity index (χ0) is 13.1. The Bertz CT molecular complexity index is 501. The second-order valence-electron chi connectivity index (χ2n) is 4.83. The Hall–Kier alpha value is -1.62. The summed E-state index contributed by atoms with van der Waals surface area (Å²) in [6.07, 6.45) is 5.53. The van der Waals surface area contributed by atoms with Crippen LogP contribution in [0.4, 0.5) is 0 Å². The number of amides is 1. The van der Waals surface area contributed by atoms with Gasteiger partial charge in [-0.2, -0.15) is 0 Å². The number of aryl methyl sites for hydroxylation is 1. The SMILES string of the molecule is Cc1ccc(C(=O)NN)c(=O)n1C1CCCCC1. The van der Waals surface area contributed by atoms with Crippen molar-refractivity contribution in [2.75, 3.05) is 0 Å². The number of nitrogens with zero attached hydrogens (tertiary/aromatic N) is 1. The summed E-state index contributed by atoms with van der Waals surface area (Å²) in [5.74, 6) is 4.57. The molecule has 0 unspecified atom stereocenters. The van der Waals surface area contributed by atoms with Crippen molar-refractivity contribution in [1.82, 2.24) is 9.99 Å². The van der Waals surface area contributed by atoms with Crippen molar-refractivity contribution in [3.05, 3.63) is 33.7 Å². The molecule has 1 saturated carbocycles. The number of hydrogen-bond acceptors (Lipinski definition) is 3. The Kier molecular flexibility index (Phi) is 3.81. The van der Waals surface area contributed by atoms with Crippen molar-refractivity contribution in [3.63, 3.8) is 0 Å². The lowest BCUT2D eigenvalue weighted by Gasteiger charge is -2.26. The van der Waals surface area contributed by atoms with Crippen LogP contribution in [-0.2, 0) is 0 Å². The van der Waals surface area contributed by atoms with Gasteiger partial charge in [-0.05, 0) is 31.9 Å². The summed E-state index contributed by atoms with van der Waals surface area (Å²) in [6.45, 7) is 1.90. The van der Waals surface area contributed by atoms with Gasteiger partial charge in [-0.25, -0.2) is 5.84 Å². The third kappa shape index (κ3) is 2.31. The fourth-order valence-corrected chi connectivity index (χ4v) is 2.69. The van der Waals surface area contributed by atoms with Crippen LogP contribution in [0.25, 0.3) is 0 Å². The number of hydrogen-bond donors (Lipinski definition) is 2. The van der Waals surface area contributed by atoms with E-state index in [-0.39, 0.29) is 17.2 Å². The number of rotatable bonds is 2. The van der Waals surface area contributed by atoms with Crippen LogP contribution in [0.15, 0.2) is 16.9 Å². The van der Waals surface area contributed by atoms with Gasteiger partial charge >= 0.3 is 0 Å². The number of nitrogens with one attached hydrogen (secondary N) is 1. The molecule has 0 aromatic carbocycles. The minimum absolute atomic E-state index is 0.119. The molecule has 0 aliphatic heterocycles. The van der Waals surface area contributed by atoms with E-state index in [0.717, 1.165) is 31.4 Å². The number of carbonyl (C=O) groups is 1. The van der Waals surface area contributed by atoms with E-state index in [2.05, 4.69) is 0 Å². The third-order valence-electron chi connectivity index (χ3n) is 3.64. The first-order chi connectivity index (χ1) is 8.65. The highest BCUT2D eigenvalue weighted by Gasteiger charge is 2.20. The Morgan fingerprint density at radius 1 is 1.33 bits per heavy atom. The van der Waals surface area contributed by atoms with Crippen LogP contribution in [0.1, 0.15) is 54.2 Å². The van der Waals surface area contributed by atoms with E-state index < -0.39 is 5.91 Å². The molecule has 5 nitrogen and oxygen atoms in total. The first-order valence-corrected chi connectivity index (χ1v) is 6.38. The number of carbonyl (C=O) groups excluding carboxylic acids is 1. The summed E-state index contributed by atoms with van der Waals surface area (Å²) < 4.78 is 1.75.